The lowest BCUT2D eigenvalue weighted by atomic mass is 10.0. The molecule has 2 rings (SSSR count). The van der Waals surface area contributed by atoms with Crippen molar-refractivity contribution in [2.45, 2.75) is 46.6 Å². The highest BCUT2D eigenvalue weighted by Gasteiger charge is 2.29. The summed E-state index contributed by atoms with van der Waals surface area (Å²) < 4.78 is 0. The van der Waals surface area contributed by atoms with Crippen molar-refractivity contribution in [2.75, 3.05) is 0 Å². The zero-order chi connectivity index (χ0) is 21.1. The quantitative estimate of drug-likeness (QED) is 0.792. The molecule has 2 aromatic rings. The van der Waals surface area contributed by atoms with Gasteiger partial charge in [0.1, 0.15) is 0 Å². The van der Waals surface area contributed by atoms with E-state index in [2.05, 4.69) is 5.43 Å². The highest BCUT2D eigenvalue weighted by atomic mass is 16.4. The summed E-state index contributed by atoms with van der Waals surface area (Å²) in [6.07, 6.45) is -0.110. The van der Waals surface area contributed by atoms with Crippen LogP contribution in [0.3, 0.4) is 0 Å². The van der Waals surface area contributed by atoms with Crippen molar-refractivity contribution in [1.82, 2.24) is 10.4 Å². The lowest BCUT2D eigenvalue weighted by molar-refractivity contribution is -0.136. The third-order valence-electron chi connectivity index (χ3n) is 4.13. The molecule has 6 nitrogen and oxygen atoms in total. The molecule has 0 aliphatic rings. The number of carbonyl (C=O) groups is 3. The minimum atomic E-state index is -0.935. The molecule has 2 aromatic carbocycles. The summed E-state index contributed by atoms with van der Waals surface area (Å²) in [7, 11) is 0. The minimum absolute atomic E-state index is 0.110. The van der Waals surface area contributed by atoms with Crippen molar-refractivity contribution in [3.63, 3.8) is 0 Å². The van der Waals surface area contributed by atoms with Gasteiger partial charge in [-0.15, -0.1) is 0 Å². The van der Waals surface area contributed by atoms with Crippen LogP contribution in [0.5, 0.6) is 0 Å². The fourth-order valence-corrected chi connectivity index (χ4v) is 2.87. The van der Waals surface area contributed by atoms with Gasteiger partial charge in [-0.2, -0.15) is 0 Å². The number of nitrogens with one attached hydrogen (secondary N) is 1. The lowest BCUT2D eigenvalue weighted by Crippen LogP contribution is -2.55. The van der Waals surface area contributed by atoms with Crippen LogP contribution in [0.2, 0.25) is 0 Å². The molecule has 2 amide bonds. The van der Waals surface area contributed by atoms with Crippen LogP contribution in [-0.4, -0.2) is 33.4 Å². The first-order valence-corrected chi connectivity index (χ1v) is 9.02. The number of nitrogens with zero attached hydrogens (tertiary/aromatic N) is 1. The highest BCUT2D eigenvalue weighted by Crippen LogP contribution is 2.18. The van der Waals surface area contributed by atoms with Gasteiger partial charge in [0, 0.05) is 11.1 Å². The summed E-state index contributed by atoms with van der Waals surface area (Å²) in [6.45, 7) is 9.35. The molecule has 0 radical (unpaired) electrons. The first-order chi connectivity index (χ1) is 13.0. The maximum Gasteiger partial charge on any atom is 0.307 e. The van der Waals surface area contributed by atoms with E-state index >= 15 is 0 Å². The van der Waals surface area contributed by atoms with E-state index in [9.17, 15) is 14.4 Å². The van der Waals surface area contributed by atoms with E-state index < -0.39 is 17.4 Å². The van der Waals surface area contributed by atoms with Crippen LogP contribution in [0.1, 0.15) is 58.2 Å². The zero-order valence-electron chi connectivity index (χ0n) is 16.9. The summed E-state index contributed by atoms with van der Waals surface area (Å²) in [6, 6.07) is 11.9. The van der Waals surface area contributed by atoms with Crippen LogP contribution in [0, 0.1) is 13.8 Å². The van der Waals surface area contributed by atoms with Crippen molar-refractivity contribution in [1.29, 1.82) is 0 Å². The minimum Gasteiger partial charge on any atom is -0.481 e. The normalized spacial score (nSPS) is 11.0. The van der Waals surface area contributed by atoms with Gasteiger partial charge >= 0.3 is 5.97 Å². The van der Waals surface area contributed by atoms with Gasteiger partial charge in [0.25, 0.3) is 11.8 Å². The van der Waals surface area contributed by atoms with E-state index in [0.717, 1.165) is 11.1 Å². The Morgan fingerprint density at radius 2 is 1.46 bits per heavy atom. The molecule has 0 aliphatic heterocycles. The number of hydrazine groups is 1. The van der Waals surface area contributed by atoms with E-state index in [1.165, 1.54) is 5.01 Å². The topological polar surface area (TPSA) is 86.7 Å². The van der Waals surface area contributed by atoms with E-state index in [1.54, 1.807) is 36.4 Å². The second-order valence-electron chi connectivity index (χ2n) is 7.90. The number of carboxylic acids is 1. The van der Waals surface area contributed by atoms with Crippen LogP contribution >= 0.6 is 0 Å². The molecule has 0 aliphatic carbocycles. The third-order valence-corrected chi connectivity index (χ3v) is 4.13. The Labute approximate surface area is 165 Å². The smallest absolute Gasteiger partial charge is 0.307 e. The molecular weight excluding hydrogens is 356 g/mol. The van der Waals surface area contributed by atoms with E-state index in [0.29, 0.717) is 16.7 Å². The molecule has 0 saturated heterocycles. The van der Waals surface area contributed by atoms with Gasteiger partial charge in [-0.3, -0.25) is 19.8 Å². The Bertz CT molecular complexity index is 875. The Hall–Kier alpha value is -3.15. The molecule has 2 N–H and O–H groups in total. The van der Waals surface area contributed by atoms with Gasteiger partial charge in [0.15, 0.2) is 0 Å². The summed E-state index contributed by atoms with van der Waals surface area (Å²) in [5, 5.41) is 10.2. The van der Waals surface area contributed by atoms with Crippen LogP contribution in [-0.2, 0) is 11.2 Å². The van der Waals surface area contributed by atoms with Gasteiger partial charge in [-0.05, 0) is 64.4 Å². The van der Waals surface area contributed by atoms with Crippen LogP contribution in [0.25, 0.3) is 0 Å². The number of hydrogen-bond donors (Lipinski definition) is 2. The Morgan fingerprint density at radius 3 is 1.93 bits per heavy atom. The maximum absolute atomic E-state index is 13.1. The van der Waals surface area contributed by atoms with Gasteiger partial charge in [-0.1, -0.05) is 29.3 Å². The first-order valence-electron chi connectivity index (χ1n) is 9.02. The highest BCUT2D eigenvalue weighted by molar-refractivity contribution is 5.99. The number of aliphatic carboxylic acids is 1. The third kappa shape index (κ3) is 5.42. The molecule has 0 saturated carbocycles. The fraction of sp³-hybridized carbons (Fsp3) is 0.318. The number of carbonyl (C=O) groups excluding carboxylic acids is 2. The number of hydrogen-bond acceptors (Lipinski definition) is 3. The molecule has 0 spiro atoms. The average molecular weight is 382 g/mol. The first kappa shape index (κ1) is 21.2. The van der Waals surface area contributed by atoms with Gasteiger partial charge in [0.2, 0.25) is 0 Å². The van der Waals surface area contributed by atoms with E-state index in [-0.39, 0.29) is 12.3 Å². The van der Waals surface area contributed by atoms with Gasteiger partial charge < -0.3 is 5.11 Å². The zero-order valence-corrected chi connectivity index (χ0v) is 16.9. The number of aryl methyl sites for hydroxylation is 2. The van der Waals surface area contributed by atoms with Crippen LogP contribution in [0.15, 0.2) is 42.5 Å². The van der Waals surface area contributed by atoms with E-state index in [4.69, 9.17) is 5.11 Å². The SMILES string of the molecule is Cc1cc(C)cc(C(=O)N(NC(=O)c2ccc(CC(=O)O)cc2)C(C)(C)C)c1. The standard InChI is InChI=1S/C22H26N2O4/c1-14-10-15(2)12-18(11-14)21(28)24(22(3,4)5)23-20(27)17-8-6-16(7-9-17)13-19(25)26/h6-12H,13H2,1-5H3,(H,23,27)(H,25,26). The molecule has 28 heavy (non-hydrogen) atoms. The second-order valence-corrected chi connectivity index (χ2v) is 7.90. The molecule has 148 valence electrons. The maximum atomic E-state index is 13.1. The molecule has 0 fully saturated rings. The molecule has 0 atom stereocenters. The Kier molecular flexibility index (Phi) is 6.23. The van der Waals surface area contributed by atoms with Crippen molar-refractivity contribution < 1.29 is 19.5 Å². The van der Waals surface area contributed by atoms with Crippen LogP contribution < -0.4 is 5.43 Å². The molecule has 0 heterocycles. The van der Waals surface area contributed by atoms with Crippen molar-refractivity contribution in [2.24, 2.45) is 0 Å². The lowest BCUT2D eigenvalue weighted by Gasteiger charge is -2.35. The summed E-state index contributed by atoms with van der Waals surface area (Å²) in [5.74, 6) is -1.67. The summed E-state index contributed by atoms with van der Waals surface area (Å²) in [5.41, 5.74) is 5.44. The molecule has 0 bridgehead atoms. The molecule has 0 aromatic heterocycles. The number of benzene rings is 2. The Morgan fingerprint density at radius 1 is 0.929 bits per heavy atom. The second kappa shape index (κ2) is 8.25. The van der Waals surface area contributed by atoms with Crippen molar-refractivity contribution in [3.8, 4) is 0 Å². The van der Waals surface area contributed by atoms with Crippen LogP contribution in [0.4, 0.5) is 0 Å². The fourth-order valence-electron chi connectivity index (χ4n) is 2.87. The average Bonchev–Trinajstić information content (AvgIpc) is 2.57. The van der Waals surface area contributed by atoms with Gasteiger partial charge in [-0.25, -0.2) is 5.01 Å². The predicted octanol–water partition coefficient (Wildman–Crippen LogP) is 3.52. The monoisotopic (exact) mass is 382 g/mol. The number of carboxylic acid groups (broad SMARTS) is 1. The number of amides is 2. The van der Waals surface area contributed by atoms with Crippen molar-refractivity contribution >= 4 is 17.8 Å². The Balaban J connectivity index is 2.25. The summed E-state index contributed by atoms with van der Waals surface area (Å²) >= 11 is 0. The number of rotatable bonds is 4. The largest absolute Gasteiger partial charge is 0.481 e. The molecule has 0 unspecified atom stereocenters. The molecular formula is C22H26N2O4. The van der Waals surface area contributed by atoms with Crippen molar-refractivity contribution in [3.05, 3.63) is 70.3 Å². The molecule has 6 heteroatoms. The van der Waals surface area contributed by atoms with E-state index in [1.807, 2.05) is 40.7 Å². The van der Waals surface area contributed by atoms with Gasteiger partial charge in [0.05, 0.1) is 12.0 Å². The predicted molar refractivity (Wildman–Crippen MR) is 107 cm³/mol. The summed E-state index contributed by atoms with van der Waals surface area (Å²) in [4.78, 5) is 36.5.